The van der Waals surface area contributed by atoms with Crippen molar-refractivity contribution in [2.45, 2.75) is 32.7 Å². The zero-order valence-corrected chi connectivity index (χ0v) is 18.0. The molecule has 2 aromatic carbocycles. The third-order valence-corrected chi connectivity index (χ3v) is 6.43. The predicted molar refractivity (Wildman–Crippen MR) is 118 cm³/mol. The molecule has 0 unspecified atom stereocenters. The van der Waals surface area contributed by atoms with Gasteiger partial charge in [-0.1, -0.05) is 35.6 Å². The van der Waals surface area contributed by atoms with Crippen molar-refractivity contribution in [1.82, 2.24) is 15.1 Å². The molecule has 3 amide bonds. The third kappa shape index (κ3) is 4.41. The fraction of sp³-hybridized carbons (Fsp3) is 0.273. The Balaban J connectivity index is 1.47. The molecule has 0 spiro atoms. The molecule has 31 heavy (non-hydrogen) atoms. The molecule has 160 valence electrons. The normalized spacial score (nSPS) is 15.7. The molecule has 2 heterocycles. The summed E-state index contributed by atoms with van der Waals surface area (Å²) in [6.07, 6.45) is 1.57. The van der Waals surface area contributed by atoms with Gasteiger partial charge >= 0.3 is 6.03 Å². The van der Waals surface area contributed by atoms with Gasteiger partial charge in [0.15, 0.2) is 0 Å². The molecule has 0 saturated carbocycles. The van der Waals surface area contributed by atoms with Gasteiger partial charge in [-0.05, 0) is 56.0 Å². The van der Waals surface area contributed by atoms with E-state index in [1.165, 1.54) is 12.1 Å². The molecular weight excluding hydrogens is 417 g/mol. The van der Waals surface area contributed by atoms with Crippen LogP contribution in [0.4, 0.5) is 20.6 Å². The smallest absolute Gasteiger partial charge is 0.317 e. The molecule has 0 bridgehead atoms. The Morgan fingerprint density at radius 1 is 1.06 bits per heavy atom. The summed E-state index contributed by atoms with van der Waals surface area (Å²) in [5, 5.41) is 14.3. The highest BCUT2D eigenvalue weighted by Crippen LogP contribution is 2.34. The quantitative estimate of drug-likeness (QED) is 0.604. The van der Waals surface area contributed by atoms with E-state index in [9.17, 15) is 14.0 Å². The summed E-state index contributed by atoms with van der Waals surface area (Å²) in [6.45, 7) is 4.56. The number of hydrogen-bond acceptors (Lipinski definition) is 5. The zero-order chi connectivity index (χ0) is 22.0. The maximum absolute atomic E-state index is 13.8. The number of para-hydroxylation sites is 1. The number of amides is 3. The number of urea groups is 1. The largest absolute Gasteiger partial charge is 0.322 e. The van der Waals surface area contributed by atoms with Crippen LogP contribution in [0.3, 0.4) is 0 Å². The van der Waals surface area contributed by atoms with Crippen LogP contribution in [0.25, 0.3) is 0 Å². The van der Waals surface area contributed by atoms with Crippen LogP contribution in [0, 0.1) is 19.7 Å². The molecular formula is C22H22FN5O2S. The number of likely N-dealkylation sites (tertiary alicyclic amines) is 1. The van der Waals surface area contributed by atoms with Crippen LogP contribution in [-0.2, 0) is 0 Å². The molecule has 4 rings (SSSR count). The zero-order valence-electron chi connectivity index (χ0n) is 17.2. The number of aryl methyl sites for hydroxylation is 1. The summed E-state index contributed by atoms with van der Waals surface area (Å²) in [5.74, 6) is -1.05. The average Bonchev–Trinajstić information content (AvgIpc) is 3.42. The Kier molecular flexibility index (Phi) is 5.94. The Labute approximate surface area is 183 Å². The van der Waals surface area contributed by atoms with E-state index in [-0.39, 0.29) is 22.8 Å². The molecule has 1 saturated heterocycles. The van der Waals surface area contributed by atoms with Gasteiger partial charge in [0.25, 0.3) is 5.91 Å². The highest BCUT2D eigenvalue weighted by Gasteiger charge is 2.33. The minimum Gasteiger partial charge on any atom is -0.317 e. The highest BCUT2D eigenvalue weighted by atomic mass is 32.1. The maximum Gasteiger partial charge on any atom is 0.322 e. The second-order valence-corrected chi connectivity index (χ2v) is 8.42. The first-order valence-electron chi connectivity index (χ1n) is 9.97. The van der Waals surface area contributed by atoms with Crippen molar-refractivity contribution >= 4 is 34.6 Å². The summed E-state index contributed by atoms with van der Waals surface area (Å²) in [4.78, 5) is 27.1. The van der Waals surface area contributed by atoms with Gasteiger partial charge in [0.1, 0.15) is 10.8 Å². The lowest BCUT2D eigenvalue weighted by atomic mass is 10.1. The molecule has 7 nitrogen and oxygen atoms in total. The van der Waals surface area contributed by atoms with Crippen LogP contribution < -0.4 is 10.6 Å². The topological polar surface area (TPSA) is 87.2 Å². The lowest BCUT2D eigenvalue weighted by Crippen LogP contribution is -2.34. The molecule has 0 aliphatic carbocycles. The van der Waals surface area contributed by atoms with E-state index in [1.807, 2.05) is 32.0 Å². The number of carbonyl (C=O) groups excluding carboxylic acids is 2. The average molecular weight is 440 g/mol. The molecule has 2 N–H and O–H groups in total. The number of carbonyl (C=O) groups is 2. The number of rotatable bonds is 4. The molecule has 1 atom stereocenters. The van der Waals surface area contributed by atoms with Crippen LogP contribution in [0.15, 0.2) is 42.5 Å². The second-order valence-electron chi connectivity index (χ2n) is 7.41. The Bertz CT molecular complexity index is 1130. The van der Waals surface area contributed by atoms with Crippen molar-refractivity contribution in [3.8, 4) is 0 Å². The van der Waals surface area contributed by atoms with Gasteiger partial charge in [0.2, 0.25) is 5.01 Å². The van der Waals surface area contributed by atoms with E-state index in [0.29, 0.717) is 11.6 Å². The Hall–Kier alpha value is -3.33. The first kappa shape index (κ1) is 20.9. The monoisotopic (exact) mass is 439 g/mol. The number of nitrogens with one attached hydrogen (secondary N) is 2. The van der Waals surface area contributed by atoms with E-state index < -0.39 is 11.7 Å². The number of hydrogen-bond donors (Lipinski definition) is 2. The van der Waals surface area contributed by atoms with Crippen LogP contribution >= 0.6 is 11.3 Å². The van der Waals surface area contributed by atoms with Crippen LogP contribution in [-0.4, -0.2) is 33.6 Å². The Morgan fingerprint density at radius 3 is 2.65 bits per heavy atom. The second kappa shape index (κ2) is 8.81. The van der Waals surface area contributed by atoms with Gasteiger partial charge in [-0.25, -0.2) is 9.18 Å². The molecule has 1 aliphatic heterocycles. The number of aromatic nitrogens is 2. The fourth-order valence-electron chi connectivity index (χ4n) is 3.54. The number of benzene rings is 2. The molecule has 9 heteroatoms. The lowest BCUT2D eigenvalue weighted by Gasteiger charge is -2.23. The first-order valence-corrected chi connectivity index (χ1v) is 10.8. The number of nitrogens with zero attached hydrogens (tertiary/aromatic N) is 3. The summed E-state index contributed by atoms with van der Waals surface area (Å²) in [5.41, 5.74) is 2.98. The van der Waals surface area contributed by atoms with E-state index in [0.717, 1.165) is 41.0 Å². The summed E-state index contributed by atoms with van der Waals surface area (Å²) in [7, 11) is 0. The standard InChI is InChI=1S/C22H22FN5O2S/c1-13-7-5-10-16(14(13)2)25-22(30)28-12-6-11-18(28)20-26-27-21(31-20)19(29)24-17-9-4-3-8-15(17)23/h3-5,7-10,18H,6,11-12H2,1-2H3,(H,24,29)(H,25,30)/t18-/m1/s1. The third-order valence-electron chi connectivity index (χ3n) is 5.40. The minimum absolute atomic E-state index is 0.0830. The van der Waals surface area contributed by atoms with Crippen molar-refractivity contribution in [3.63, 3.8) is 0 Å². The van der Waals surface area contributed by atoms with Gasteiger partial charge in [0, 0.05) is 12.2 Å². The first-order chi connectivity index (χ1) is 14.9. The van der Waals surface area contributed by atoms with Crippen molar-refractivity contribution in [2.24, 2.45) is 0 Å². The summed E-state index contributed by atoms with van der Waals surface area (Å²) in [6, 6.07) is 11.3. The van der Waals surface area contributed by atoms with E-state index in [1.54, 1.807) is 17.0 Å². The fourth-order valence-corrected chi connectivity index (χ4v) is 4.43. The van der Waals surface area contributed by atoms with Crippen LogP contribution in [0.1, 0.15) is 44.8 Å². The van der Waals surface area contributed by atoms with Gasteiger partial charge < -0.3 is 15.5 Å². The van der Waals surface area contributed by atoms with Crippen LogP contribution in [0.2, 0.25) is 0 Å². The minimum atomic E-state index is -0.529. The number of halogens is 1. The predicted octanol–water partition coefficient (Wildman–Crippen LogP) is 4.92. The van der Waals surface area contributed by atoms with Crippen molar-refractivity contribution in [1.29, 1.82) is 0 Å². The summed E-state index contributed by atoms with van der Waals surface area (Å²) >= 11 is 1.12. The SMILES string of the molecule is Cc1cccc(NC(=O)N2CCC[C@@H]2c2nnc(C(=O)Nc3ccccc3F)s2)c1C. The molecule has 1 aromatic heterocycles. The van der Waals surface area contributed by atoms with Gasteiger partial charge in [-0.15, -0.1) is 10.2 Å². The van der Waals surface area contributed by atoms with Crippen molar-refractivity contribution in [3.05, 3.63) is 69.4 Å². The van der Waals surface area contributed by atoms with Crippen LogP contribution in [0.5, 0.6) is 0 Å². The van der Waals surface area contributed by atoms with E-state index in [4.69, 9.17) is 0 Å². The number of anilines is 2. The molecule has 1 aliphatic rings. The van der Waals surface area contributed by atoms with Gasteiger partial charge in [-0.3, -0.25) is 4.79 Å². The molecule has 0 radical (unpaired) electrons. The van der Waals surface area contributed by atoms with Gasteiger partial charge in [0.05, 0.1) is 11.7 Å². The van der Waals surface area contributed by atoms with Gasteiger partial charge in [-0.2, -0.15) is 0 Å². The highest BCUT2D eigenvalue weighted by molar-refractivity contribution is 7.13. The van der Waals surface area contributed by atoms with Crippen molar-refractivity contribution < 1.29 is 14.0 Å². The maximum atomic E-state index is 13.8. The van der Waals surface area contributed by atoms with E-state index in [2.05, 4.69) is 20.8 Å². The Morgan fingerprint density at radius 2 is 1.84 bits per heavy atom. The molecule has 3 aromatic rings. The van der Waals surface area contributed by atoms with E-state index >= 15 is 0 Å². The molecule has 1 fully saturated rings. The summed E-state index contributed by atoms with van der Waals surface area (Å²) < 4.78 is 13.8. The lowest BCUT2D eigenvalue weighted by molar-refractivity contribution is 0.102. The van der Waals surface area contributed by atoms with Crippen molar-refractivity contribution in [2.75, 3.05) is 17.2 Å².